The monoisotopic (exact) mass is 318 g/mol. The van der Waals surface area contributed by atoms with Crippen LogP contribution in [0.4, 0.5) is 5.95 Å². The second kappa shape index (κ2) is 3.90. The molecule has 22 heavy (non-hydrogen) atoms. The van der Waals surface area contributed by atoms with Gasteiger partial charge in [-0.25, -0.2) is 4.98 Å². The Hall–Kier alpha value is -1.89. The van der Waals surface area contributed by atoms with Gasteiger partial charge in [0, 0.05) is 23.9 Å². The van der Waals surface area contributed by atoms with Crippen LogP contribution in [-0.2, 0) is 4.79 Å². The highest BCUT2D eigenvalue weighted by molar-refractivity contribution is 6.33. The third-order valence-corrected chi connectivity index (χ3v) is 5.87. The van der Waals surface area contributed by atoms with Crippen molar-refractivity contribution in [3.05, 3.63) is 11.5 Å². The van der Waals surface area contributed by atoms with Gasteiger partial charge < -0.3 is 15.6 Å². The van der Waals surface area contributed by atoms with Crippen molar-refractivity contribution in [1.82, 2.24) is 24.8 Å². The number of nitrogens with one attached hydrogen (secondary N) is 1. The smallest absolute Gasteiger partial charge is 0.223 e. The van der Waals surface area contributed by atoms with Gasteiger partial charge in [0.2, 0.25) is 11.9 Å². The van der Waals surface area contributed by atoms with Crippen LogP contribution in [0, 0.1) is 11.8 Å². The zero-order valence-corrected chi connectivity index (χ0v) is 12.5. The molecule has 7 nitrogen and oxygen atoms in total. The zero-order chi connectivity index (χ0) is 15.1. The molecule has 2 aromatic rings. The second-order valence-electron chi connectivity index (χ2n) is 6.79. The Bertz CT molecular complexity index is 819. The van der Waals surface area contributed by atoms with Crippen LogP contribution < -0.4 is 11.1 Å². The number of hydrogen-bond donors (Lipinski definition) is 2. The quantitative estimate of drug-likeness (QED) is 0.772. The van der Waals surface area contributed by atoms with Gasteiger partial charge in [-0.1, -0.05) is 11.6 Å². The Balaban J connectivity index is 1.57. The van der Waals surface area contributed by atoms with Crippen molar-refractivity contribution in [3.63, 3.8) is 0 Å². The van der Waals surface area contributed by atoms with Gasteiger partial charge in [-0.15, -0.1) is 0 Å². The van der Waals surface area contributed by atoms with Gasteiger partial charge in [-0.05, 0) is 25.2 Å². The first-order valence-corrected chi connectivity index (χ1v) is 7.90. The predicted octanol–water partition coefficient (Wildman–Crippen LogP) is 1.29. The van der Waals surface area contributed by atoms with Crippen molar-refractivity contribution in [1.29, 1.82) is 0 Å². The molecule has 0 radical (unpaired) electrons. The number of rotatable bonds is 1. The number of imidazole rings is 1. The molecule has 1 unspecified atom stereocenters. The van der Waals surface area contributed by atoms with Gasteiger partial charge in [0.15, 0.2) is 10.8 Å². The molecule has 1 amide bonds. The van der Waals surface area contributed by atoms with Crippen LogP contribution in [0.3, 0.4) is 0 Å². The molecule has 5 rings (SSSR count). The van der Waals surface area contributed by atoms with Gasteiger partial charge >= 0.3 is 0 Å². The Kier molecular flexibility index (Phi) is 2.24. The minimum Gasteiger partial charge on any atom is -0.368 e. The average Bonchev–Trinajstić information content (AvgIpc) is 2.93. The molecular formula is C14H15ClN6O. The summed E-state index contributed by atoms with van der Waals surface area (Å²) in [6, 6.07) is 0.291. The molecule has 3 fully saturated rings. The summed E-state index contributed by atoms with van der Waals surface area (Å²) in [5, 5.41) is 3.51. The van der Waals surface area contributed by atoms with Crippen molar-refractivity contribution in [2.24, 2.45) is 11.8 Å². The number of amides is 1. The normalized spacial score (nSPS) is 36.0. The zero-order valence-electron chi connectivity index (χ0n) is 11.8. The SMILES string of the molecule is Nc1nc(Cl)c2ncn([C@@H]3CC45C[C@@H](CC(=O)N4)C[C@@H]35)c2n1. The van der Waals surface area contributed by atoms with Gasteiger partial charge in [0.1, 0.15) is 5.52 Å². The van der Waals surface area contributed by atoms with Crippen LogP contribution in [0.15, 0.2) is 6.33 Å². The van der Waals surface area contributed by atoms with E-state index in [0.717, 1.165) is 19.3 Å². The number of hydrogen-bond acceptors (Lipinski definition) is 5. The third kappa shape index (κ3) is 1.47. The highest BCUT2D eigenvalue weighted by Gasteiger charge is 2.62. The molecule has 2 aliphatic carbocycles. The molecule has 4 atom stereocenters. The standard InChI is InChI=1S/C14H15ClN6O/c15-11-10-12(19-13(16)18-11)21(5-17-10)8-4-14-3-6(1-7(8)14)2-9(22)20-14/h5-8H,1-4H2,(H,20,22)(H2,16,18,19)/t6-,7+,8-,14?/m1/s1. The number of fused-ring (bicyclic) bond motifs is 2. The number of nitrogens with two attached hydrogens (primary N) is 1. The van der Waals surface area contributed by atoms with E-state index in [9.17, 15) is 4.79 Å². The third-order valence-electron chi connectivity index (χ3n) is 5.60. The lowest BCUT2D eigenvalue weighted by atomic mass is 9.64. The van der Waals surface area contributed by atoms with Gasteiger partial charge in [0.05, 0.1) is 6.33 Å². The first kappa shape index (κ1) is 12.6. The largest absolute Gasteiger partial charge is 0.368 e. The number of anilines is 1. The van der Waals surface area contributed by atoms with Gasteiger partial charge in [-0.2, -0.15) is 9.97 Å². The molecule has 3 N–H and O–H groups in total. The summed E-state index contributed by atoms with van der Waals surface area (Å²) in [5.41, 5.74) is 6.98. The van der Waals surface area contributed by atoms with Crippen LogP contribution in [-0.4, -0.2) is 31.0 Å². The summed E-state index contributed by atoms with van der Waals surface area (Å²) in [7, 11) is 0. The molecule has 2 bridgehead atoms. The summed E-state index contributed by atoms with van der Waals surface area (Å²) >= 11 is 6.10. The summed E-state index contributed by atoms with van der Waals surface area (Å²) in [5.74, 6) is 1.31. The second-order valence-corrected chi connectivity index (χ2v) is 7.15. The van der Waals surface area contributed by atoms with E-state index in [4.69, 9.17) is 17.3 Å². The summed E-state index contributed by atoms with van der Waals surface area (Å²) < 4.78 is 2.06. The first-order chi connectivity index (χ1) is 10.6. The van der Waals surface area contributed by atoms with E-state index in [1.165, 1.54) is 0 Å². The van der Waals surface area contributed by atoms with Crippen LogP contribution in [0.2, 0.25) is 5.15 Å². The fourth-order valence-electron chi connectivity index (χ4n) is 4.82. The highest BCUT2D eigenvalue weighted by atomic mass is 35.5. The van der Waals surface area contributed by atoms with E-state index >= 15 is 0 Å². The Labute approximate surface area is 131 Å². The molecule has 3 heterocycles. The van der Waals surface area contributed by atoms with Crippen LogP contribution >= 0.6 is 11.6 Å². The highest BCUT2D eigenvalue weighted by Crippen LogP contribution is 2.61. The van der Waals surface area contributed by atoms with Crippen molar-refractivity contribution < 1.29 is 4.79 Å². The van der Waals surface area contributed by atoms with E-state index in [1.807, 2.05) is 0 Å². The van der Waals surface area contributed by atoms with Crippen LogP contribution in [0.1, 0.15) is 31.7 Å². The number of nitrogens with zero attached hydrogens (tertiary/aromatic N) is 4. The molecule has 1 spiro atoms. The molecule has 8 heteroatoms. The molecule has 2 aromatic heterocycles. The minimum atomic E-state index is -0.0103. The van der Waals surface area contributed by atoms with E-state index in [-0.39, 0.29) is 22.5 Å². The number of carbonyl (C=O) groups excluding carboxylic acids is 1. The summed E-state index contributed by atoms with van der Waals surface area (Å²) in [6.45, 7) is 0. The maximum absolute atomic E-state index is 11.8. The number of carbonyl (C=O) groups is 1. The molecule has 2 saturated carbocycles. The molecular weight excluding hydrogens is 304 g/mol. The average molecular weight is 319 g/mol. The maximum Gasteiger partial charge on any atom is 0.223 e. The summed E-state index contributed by atoms with van der Waals surface area (Å²) in [4.78, 5) is 24.4. The molecule has 1 saturated heterocycles. The van der Waals surface area contributed by atoms with Crippen molar-refractivity contribution in [3.8, 4) is 0 Å². The van der Waals surface area contributed by atoms with Crippen molar-refractivity contribution in [2.45, 2.75) is 37.3 Å². The molecule has 3 aliphatic rings. The maximum atomic E-state index is 11.8. The molecule has 1 aliphatic heterocycles. The Morgan fingerprint density at radius 1 is 1.41 bits per heavy atom. The number of halogens is 1. The minimum absolute atomic E-state index is 0.0103. The molecule has 0 aromatic carbocycles. The van der Waals surface area contributed by atoms with Gasteiger partial charge in [-0.3, -0.25) is 4.79 Å². The topological polar surface area (TPSA) is 98.7 Å². The Morgan fingerprint density at radius 3 is 3.14 bits per heavy atom. The predicted molar refractivity (Wildman–Crippen MR) is 80.1 cm³/mol. The lowest BCUT2D eigenvalue weighted by molar-refractivity contribution is -0.128. The first-order valence-electron chi connectivity index (χ1n) is 7.52. The lowest BCUT2D eigenvalue weighted by Crippen LogP contribution is -2.62. The number of nitrogen functional groups attached to an aromatic ring is 1. The number of aromatic nitrogens is 4. The van der Waals surface area contributed by atoms with Crippen molar-refractivity contribution >= 4 is 34.6 Å². The van der Waals surface area contributed by atoms with Crippen LogP contribution in [0.25, 0.3) is 11.2 Å². The fourth-order valence-corrected chi connectivity index (χ4v) is 5.04. The van der Waals surface area contributed by atoms with E-state index in [2.05, 4.69) is 24.8 Å². The number of piperidine rings is 1. The van der Waals surface area contributed by atoms with E-state index in [1.54, 1.807) is 6.33 Å². The van der Waals surface area contributed by atoms with Crippen molar-refractivity contribution in [2.75, 3.05) is 5.73 Å². The lowest BCUT2D eigenvalue weighted by Gasteiger charge is -2.52. The van der Waals surface area contributed by atoms with Crippen LogP contribution in [0.5, 0.6) is 0 Å². The Morgan fingerprint density at radius 2 is 2.27 bits per heavy atom. The summed E-state index contributed by atoms with van der Waals surface area (Å²) in [6.07, 6.45) is 5.54. The van der Waals surface area contributed by atoms with E-state index in [0.29, 0.717) is 35.5 Å². The van der Waals surface area contributed by atoms with Gasteiger partial charge in [0.25, 0.3) is 0 Å². The van der Waals surface area contributed by atoms with E-state index < -0.39 is 0 Å². The molecule has 114 valence electrons. The fraction of sp³-hybridized carbons (Fsp3) is 0.571.